The van der Waals surface area contributed by atoms with Crippen molar-refractivity contribution in [3.63, 3.8) is 0 Å². The summed E-state index contributed by atoms with van der Waals surface area (Å²) in [5.41, 5.74) is 2.61. The first-order chi connectivity index (χ1) is 12.9. The summed E-state index contributed by atoms with van der Waals surface area (Å²) < 4.78 is 36.3. The van der Waals surface area contributed by atoms with Crippen molar-refractivity contribution in [1.82, 2.24) is 0 Å². The molecule has 5 nitrogen and oxygen atoms in total. The van der Waals surface area contributed by atoms with Crippen LogP contribution in [-0.4, -0.2) is 14.1 Å². The zero-order valence-electron chi connectivity index (χ0n) is 14.1. The molecule has 8 heteroatoms. The quantitative estimate of drug-likeness (QED) is 0.721. The number of primary sulfonamides is 1. The molecule has 138 valence electrons. The number of hydrazone groups is 1. The molecule has 1 aliphatic heterocycles. The summed E-state index contributed by atoms with van der Waals surface area (Å²) in [5, 5.41) is 13.8. The number of halogens is 1. The number of nitrogens with zero attached hydrogens (tertiary/aromatic N) is 2. The second-order valence-corrected chi connectivity index (χ2v) is 8.69. The third-order valence-corrected chi connectivity index (χ3v) is 6.25. The van der Waals surface area contributed by atoms with Crippen LogP contribution in [0.4, 0.5) is 10.1 Å². The molecule has 0 radical (unpaired) electrons. The lowest BCUT2D eigenvalue weighted by Crippen LogP contribution is -2.19. The fourth-order valence-electron chi connectivity index (χ4n) is 3.07. The lowest BCUT2D eigenvalue weighted by Gasteiger charge is -2.24. The van der Waals surface area contributed by atoms with E-state index in [4.69, 9.17) is 10.2 Å². The first kappa shape index (κ1) is 17.8. The van der Waals surface area contributed by atoms with Crippen LogP contribution in [0, 0.1) is 5.82 Å². The molecular formula is C19H16FN3O2S2. The summed E-state index contributed by atoms with van der Waals surface area (Å²) in [5.74, 6) is -0.291. The maximum atomic E-state index is 13.3. The van der Waals surface area contributed by atoms with Crippen molar-refractivity contribution in [2.24, 2.45) is 10.2 Å². The molecule has 1 aliphatic rings. The predicted molar refractivity (Wildman–Crippen MR) is 105 cm³/mol. The van der Waals surface area contributed by atoms with E-state index in [1.54, 1.807) is 35.6 Å². The van der Waals surface area contributed by atoms with Gasteiger partial charge in [0.2, 0.25) is 10.0 Å². The molecule has 27 heavy (non-hydrogen) atoms. The molecular weight excluding hydrogens is 385 g/mol. The third kappa shape index (κ3) is 3.64. The Bertz CT molecular complexity index is 1080. The molecule has 0 aliphatic carbocycles. The minimum atomic E-state index is -3.75. The van der Waals surface area contributed by atoms with Crippen LogP contribution in [0.1, 0.15) is 22.9 Å². The van der Waals surface area contributed by atoms with Gasteiger partial charge in [-0.2, -0.15) is 5.10 Å². The molecule has 0 fully saturated rings. The van der Waals surface area contributed by atoms with Crippen molar-refractivity contribution < 1.29 is 12.8 Å². The Hall–Kier alpha value is -2.55. The van der Waals surface area contributed by atoms with Crippen LogP contribution in [0.3, 0.4) is 0 Å². The largest absolute Gasteiger partial charge is 0.257 e. The Morgan fingerprint density at radius 3 is 2.37 bits per heavy atom. The van der Waals surface area contributed by atoms with Crippen molar-refractivity contribution in [3.05, 3.63) is 82.3 Å². The molecule has 2 aromatic carbocycles. The van der Waals surface area contributed by atoms with Gasteiger partial charge in [0.05, 0.1) is 27.2 Å². The van der Waals surface area contributed by atoms with E-state index in [9.17, 15) is 12.8 Å². The van der Waals surface area contributed by atoms with Crippen molar-refractivity contribution in [2.75, 3.05) is 5.01 Å². The maximum Gasteiger partial charge on any atom is 0.238 e. The van der Waals surface area contributed by atoms with Crippen LogP contribution in [0.25, 0.3) is 0 Å². The van der Waals surface area contributed by atoms with E-state index in [1.165, 1.54) is 24.3 Å². The highest BCUT2D eigenvalue weighted by Crippen LogP contribution is 2.37. The van der Waals surface area contributed by atoms with Gasteiger partial charge in [-0.3, -0.25) is 5.01 Å². The van der Waals surface area contributed by atoms with Crippen molar-refractivity contribution in [2.45, 2.75) is 17.4 Å². The molecule has 0 spiro atoms. The van der Waals surface area contributed by atoms with E-state index in [1.807, 2.05) is 22.5 Å². The normalized spacial score (nSPS) is 17.2. The number of thiophene rings is 1. The van der Waals surface area contributed by atoms with E-state index in [0.29, 0.717) is 6.42 Å². The van der Waals surface area contributed by atoms with Crippen LogP contribution < -0.4 is 10.1 Å². The predicted octanol–water partition coefficient (Wildman–Crippen LogP) is 3.89. The monoisotopic (exact) mass is 401 g/mol. The molecule has 0 amide bonds. The first-order valence-corrected chi connectivity index (χ1v) is 10.6. The highest BCUT2D eigenvalue weighted by molar-refractivity contribution is 7.89. The molecule has 1 unspecified atom stereocenters. The summed E-state index contributed by atoms with van der Waals surface area (Å²) in [7, 11) is -3.75. The van der Waals surface area contributed by atoms with Gasteiger partial charge in [0.1, 0.15) is 5.82 Å². The smallest absolute Gasteiger partial charge is 0.238 e. The van der Waals surface area contributed by atoms with Gasteiger partial charge in [-0.15, -0.1) is 11.3 Å². The number of sulfonamides is 1. The van der Waals surface area contributed by atoms with E-state index in [-0.39, 0.29) is 16.8 Å². The maximum absolute atomic E-state index is 13.3. The van der Waals surface area contributed by atoms with Gasteiger partial charge in [-0.25, -0.2) is 17.9 Å². The van der Waals surface area contributed by atoms with Crippen molar-refractivity contribution in [3.8, 4) is 0 Å². The van der Waals surface area contributed by atoms with Gasteiger partial charge in [0, 0.05) is 6.42 Å². The Kier molecular flexibility index (Phi) is 4.55. The molecule has 0 bridgehead atoms. The van der Waals surface area contributed by atoms with Crippen LogP contribution in [-0.2, 0) is 10.0 Å². The number of rotatable bonds is 4. The molecule has 2 heterocycles. The van der Waals surface area contributed by atoms with Crippen LogP contribution in [0.5, 0.6) is 0 Å². The standard InChI is InChI=1S/C19H16FN3O2S2/c20-14-5-3-13(4-6-14)18-12-17(19-2-1-11-26-19)22-23(18)15-7-9-16(10-8-15)27(21,24)25/h1-11,18H,12H2,(H2,21,24,25). The Balaban J connectivity index is 1.74. The lowest BCUT2D eigenvalue weighted by molar-refractivity contribution is 0.597. The Morgan fingerprint density at radius 1 is 1.07 bits per heavy atom. The molecule has 1 aromatic heterocycles. The fraction of sp³-hybridized carbons (Fsp3) is 0.105. The molecule has 2 N–H and O–H groups in total. The van der Waals surface area contributed by atoms with Crippen LogP contribution in [0.15, 0.2) is 76.0 Å². The van der Waals surface area contributed by atoms with Crippen molar-refractivity contribution >= 4 is 32.8 Å². The zero-order valence-corrected chi connectivity index (χ0v) is 15.8. The summed E-state index contributed by atoms with van der Waals surface area (Å²) in [4.78, 5) is 1.12. The summed E-state index contributed by atoms with van der Waals surface area (Å²) >= 11 is 1.61. The van der Waals surface area contributed by atoms with E-state index >= 15 is 0 Å². The molecule has 0 saturated heterocycles. The first-order valence-electron chi connectivity index (χ1n) is 8.21. The zero-order chi connectivity index (χ0) is 19.0. The summed E-state index contributed by atoms with van der Waals surface area (Å²) in [6, 6.07) is 16.5. The second-order valence-electron chi connectivity index (χ2n) is 6.18. The van der Waals surface area contributed by atoms with Gasteiger partial charge in [0.25, 0.3) is 0 Å². The third-order valence-electron chi connectivity index (χ3n) is 4.40. The average Bonchev–Trinajstić information content (AvgIpc) is 3.31. The lowest BCUT2D eigenvalue weighted by atomic mass is 10.0. The second kappa shape index (κ2) is 6.88. The number of hydrogen-bond donors (Lipinski definition) is 1. The van der Waals surface area contributed by atoms with E-state index in [2.05, 4.69) is 0 Å². The van der Waals surface area contributed by atoms with E-state index in [0.717, 1.165) is 21.8 Å². The van der Waals surface area contributed by atoms with Gasteiger partial charge in [-0.1, -0.05) is 18.2 Å². The molecule has 4 rings (SSSR count). The summed E-state index contributed by atoms with van der Waals surface area (Å²) in [6.07, 6.45) is 0.670. The SMILES string of the molecule is NS(=O)(=O)c1ccc(N2N=C(c3cccs3)CC2c2ccc(F)cc2)cc1. The Labute approximate surface area is 160 Å². The topological polar surface area (TPSA) is 75.8 Å². The van der Waals surface area contributed by atoms with Crippen molar-refractivity contribution in [1.29, 1.82) is 0 Å². The number of nitrogens with two attached hydrogens (primary N) is 1. The summed E-state index contributed by atoms with van der Waals surface area (Å²) in [6.45, 7) is 0. The van der Waals surface area contributed by atoms with Gasteiger partial charge < -0.3 is 0 Å². The van der Waals surface area contributed by atoms with Gasteiger partial charge >= 0.3 is 0 Å². The molecule has 0 saturated carbocycles. The van der Waals surface area contributed by atoms with E-state index < -0.39 is 10.0 Å². The molecule has 1 atom stereocenters. The van der Waals surface area contributed by atoms with Crippen LogP contribution in [0.2, 0.25) is 0 Å². The minimum absolute atomic E-state index is 0.0474. The fourth-order valence-corrected chi connectivity index (χ4v) is 4.31. The van der Waals surface area contributed by atoms with Crippen LogP contribution >= 0.6 is 11.3 Å². The highest BCUT2D eigenvalue weighted by atomic mass is 32.2. The minimum Gasteiger partial charge on any atom is -0.257 e. The number of anilines is 1. The molecule has 3 aromatic rings. The van der Waals surface area contributed by atoms with Gasteiger partial charge in [0.15, 0.2) is 0 Å². The average molecular weight is 401 g/mol. The highest BCUT2D eigenvalue weighted by Gasteiger charge is 2.30. The van der Waals surface area contributed by atoms with Gasteiger partial charge in [-0.05, 0) is 53.4 Å². The Morgan fingerprint density at radius 2 is 1.78 bits per heavy atom. The number of benzene rings is 2. The number of hydrogen-bond acceptors (Lipinski definition) is 5.